The quantitative estimate of drug-likeness (QED) is 0.487. The number of nitrogens with one attached hydrogen (secondary N) is 1. The Kier molecular flexibility index (Phi) is 1.82. The summed E-state index contributed by atoms with van der Waals surface area (Å²) in [6.45, 7) is 0.801. The number of rotatable bonds is 1. The van der Waals surface area contributed by atoms with Crippen molar-refractivity contribution in [1.82, 2.24) is 5.32 Å². The van der Waals surface area contributed by atoms with Crippen LogP contribution in [0.1, 0.15) is 6.42 Å². The number of aliphatic imine (C=N–C) groups is 1. The van der Waals surface area contributed by atoms with Gasteiger partial charge in [-0.25, -0.2) is 0 Å². The van der Waals surface area contributed by atoms with Gasteiger partial charge in [-0.05, 0) is 6.42 Å². The molecule has 9 heavy (non-hydrogen) atoms. The van der Waals surface area contributed by atoms with Crippen LogP contribution in [0.5, 0.6) is 0 Å². The third kappa shape index (κ3) is 1.28. The first-order valence-corrected chi connectivity index (χ1v) is 3.04. The van der Waals surface area contributed by atoms with Crippen molar-refractivity contribution >= 4 is 12.1 Å². The molecule has 0 saturated carbocycles. The minimum absolute atomic E-state index is 0.0370. The summed E-state index contributed by atoms with van der Waals surface area (Å²) in [4.78, 5) is 14.5. The summed E-state index contributed by atoms with van der Waals surface area (Å²) < 4.78 is 0. The highest BCUT2D eigenvalue weighted by Crippen LogP contribution is 2.04. The first kappa shape index (κ1) is 6.26. The van der Waals surface area contributed by atoms with Crippen LogP contribution in [0.25, 0.3) is 0 Å². The molecule has 3 nitrogen and oxygen atoms in total. The molecule has 0 aromatic rings. The van der Waals surface area contributed by atoms with Gasteiger partial charge in [0.2, 0.25) is 5.91 Å². The largest absolute Gasteiger partial charge is 0.356 e. The van der Waals surface area contributed by atoms with Gasteiger partial charge >= 0.3 is 0 Å². The molecule has 1 rings (SSSR count). The predicted molar refractivity (Wildman–Crippen MR) is 35.5 cm³/mol. The van der Waals surface area contributed by atoms with Crippen LogP contribution >= 0.6 is 0 Å². The maximum Gasteiger partial charge on any atom is 0.228 e. The summed E-state index contributed by atoms with van der Waals surface area (Å²) in [5, 5.41) is 2.72. The Labute approximate surface area is 54.2 Å². The molecule has 0 radical (unpaired) electrons. The van der Waals surface area contributed by atoms with Crippen LogP contribution in [0.3, 0.4) is 0 Å². The van der Waals surface area contributed by atoms with Gasteiger partial charge < -0.3 is 10.3 Å². The zero-order chi connectivity index (χ0) is 6.69. The maximum atomic E-state index is 10.8. The molecule has 3 heteroatoms. The maximum absolute atomic E-state index is 10.8. The minimum atomic E-state index is 0.0370. The fraction of sp³-hybridized carbons (Fsp3) is 0.667. The van der Waals surface area contributed by atoms with E-state index in [-0.39, 0.29) is 11.8 Å². The number of amides is 1. The monoisotopic (exact) mass is 126 g/mol. The van der Waals surface area contributed by atoms with Gasteiger partial charge in [0.15, 0.2) is 0 Å². The molecule has 1 fully saturated rings. The molecule has 1 aliphatic rings. The average Bonchev–Trinajstić information content (AvgIpc) is 2.18. The lowest BCUT2D eigenvalue weighted by atomic mass is 10.1. The Morgan fingerprint density at radius 3 is 3.11 bits per heavy atom. The molecule has 50 valence electrons. The van der Waals surface area contributed by atoms with Gasteiger partial charge in [-0.3, -0.25) is 4.79 Å². The van der Waals surface area contributed by atoms with E-state index in [0.717, 1.165) is 13.0 Å². The number of hydrogen-bond acceptors (Lipinski definition) is 2. The topological polar surface area (TPSA) is 41.5 Å². The Bertz CT molecular complexity index is 142. The molecular formula is C6H10N2O. The van der Waals surface area contributed by atoms with Crippen molar-refractivity contribution in [3.05, 3.63) is 0 Å². The Morgan fingerprint density at radius 2 is 2.67 bits per heavy atom. The van der Waals surface area contributed by atoms with E-state index in [9.17, 15) is 4.79 Å². The van der Waals surface area contributed by atoms with Crippen LogP contribution in [-0.4, -0.2) is 25.7 Å². The van der Waals surface area contributed by atoms with Crippen molar-refractivity contribution in [3.63, 3.8) is 0 Å². The Balaban J connectivity index is 2.49. The second-order valence-corrected chi connectivity index (χ2v) is 2.09. The van der Waals surface area contributed by atoms with Crippen molar-refractivity contribution in [2.24, 2.45) is 10.9 Å². The van der Waals surface area contributed by atoms with E-state index < -0.39 is 0 Å². The molecule has 0 aromatic carbocycles. The summed E-state index contributed by atoms with van der Waals surface area (Å²) in [6, 6.07) is 0. The molecule has 1 atom stereocenters. The van der Waals surface area contributed by atoms with Gasteiger partial charge in [-0.2, -0.15) is 0 Å². The second kappa shape index (κ2) is 2.62. The zero-order valence-electron chi connectivity index (χ0n) is 5.42. The highest BCUT2D eigenvalue weighted by atomic mass is 16.2. The number of carbonyl (C=O) groups is 1. The smallest absolute Gasteiger partial charge is 0.228 e. The number of carbonyl (C=O) groups excluding carboxylic acids is 1. The van der Waals surface area contributed by atoms with Crippen LogP contribution in [0, 0.1) is 5.92 Å². The molecule has 1 saturated heterocycles. The van der Waals surface area contributed by atoms with Crippen LogP contribution in [0.15, 0.2) is 4.99 Å². The summed E-state index contributed by atoms with van der Waals surface area (Å²) in [7, 11) is 1.69. The van der Waals surface area contributed by atoms with Crippen molar-refractivity contribution in [3.8, 4) is 0 Å². The lowest BCUT2D eigenvalue weighted by molar-refractivity contribution is -0.120. The zero-order valence-corrected chi connectivity index (χ0v) is 5.42. The van der Waals surface area contributed by atoms with E-state index in [1.54, 1.807) is 13.3 Å². The third-order valence-corrected chi connectivity index (χ3v) is 1.42. The molecule has 0 aliphatic carbocycles. The molecule has 1 N–H and O–H groups in total. The first-order chi connectivity index (χ1) is 4.34. The Hall–Kier alpha value is -0.860. The van der Waals surface area contributed by atoms with Crippen LogP contribution < -0.4 is 5.32 Å². The van der Waals surface area contributed by atoms with Crippen LogP contribution in [0.2, 0.25) is 0 Å². The molecule has 0 aromatic heterocycles. The predicted octanol–water partition coefficient (Wildman–Crippen LogP) is -0.177. The van der Waals surface area contributed by atoms with Gasteiger partial charge in [0.05, 0.1) is 5.92 Å². The van der Waals surface area contributed by atoms with Crippen molar-refractivity contribution in [2.45, 2.75) is 6.42 Å². The minimum Gasteiger partial charge on any atom is -0.356 e. The highest BCUT2D eigenvalue weighted by molar-refractivity contribution is 5.94. The van der Waals surface area contributed by atoms with E-state index in [1.165, 1.54) is 0 Å². The van der Waals surface area contributed by atoms with Gasteiger partial charge in [0.25, 0.3) is 0 Å². The molecule has 1 heterocycles. The normalized spacial score (nSPS) is 27.2. The fourth-order valence-corrected chi connectivity index (χ4v) is 0.935. The van der Waals surface area contributed by atoms with Crippen molar-refractivity contribution < 1.29 is 4.79 Å². The second-order valence-electron chi connectivity index (χ2n) is 2.09. The van der Waals surface area contributed by atoms with E-state index in [4.69, 9.17) is 0 Å². The molecule has 1 unspecified atom stereocenters. The van der Waals surface area contributed by atoms with E-state index in [1.807, 2.05) is 0 Å². The molecule has 1 amide bonds. The van der Waals surface area contributed by atoms with Crippen molar-refractivity contribution in [1.29, 1.82) is 0 Å². The fourth-order valence-electron chi connectivity index (χ4n) is 0.935. The standard InChI is InChI=1S/C6H10N2O/c1-7-4-5-2-3-8-6(5)9/h4-5H,2-3H2,1H3,(H,8,9)/b7-4+. The number of hydrogen-bond donors (Lipinski definition) is 1. The highest BCUT2D eigenvalue weighted by Gasteiger charge is 2.20. The molecular weight excluding hydrogens is 116 g/mol. The van der Waals surface area contributed by atoms with Crippen molar-refractivity contribution in [2.75, 3.05) is 13.6 Å². The molecule has 0 bridgehead atoms. The third-order valence-electron chi connectivity index (χ3n) is 1.42. The van der Waals surface area contributed by atoms with Gasteiger partial charge in [0, 0.05) is 19.8 Å². The number of nitrogens with zero attached hydrogens (tertiary/aromatic N) is 1. The Morgan fingerprint density at radius 1 is 1.89 bits per heavy atom. The summed E-state index contributed by atoms with van der Waals surface area (Å²) in [6.07, 6.45) is 2.60. The average molecular weight is 126 g/mol. The lowest BCUT2D eigenvalue weighted by Crippen LogP contribution is -2.19. The first-order valence-electron chi connectivity index (χ1n) is 3.04. The summed E-state index contributed by atoms with van der Waals surface area (Å²) in [5.41, 5.74) is 0. The summed E-state index contributed by atoms with van der Waals surface area (Å²) >= 11 is 0. The van der Waals surface area contributed by atoms with Crippen LogP contribution in [0.4, 0.5) is 0 Å². The molecule has 1 aliphatic heterocycles. The van der Waals surface area contributed by atoms with Gasteiger partial charge in [0.1, 0.15) is 0 Å². The summed E-state index contributed by atoms with van der Waals surface area (Å²) in [5.74, 6) is 0.149. The van der Waals surface area contributed by atoms with E-state index >= 15 is 0 Å². The van der Waals surface area contributed by atoms with Gasteiger partial charge in [-0.1, -0.05) is 0 Å². The molecule has 0 spiro atoms. The van der Waals surface area contributed by atoms with E-state index in [0.29, 0.717) is 0 Å². The van der Waals surface area contributed by atoms with Crippen LogP contribution in [-0.2, 0) is 4.79 Å². The van der Waals surface area contributed by atoms with Gasteiger partial charge in [-0.15, -0.1) is 0 Å². The lowest BCUT2D eigenvalue weighted by Gasteiger charge is -1.93. The SMILES string of the molecule is C/N=C/C1CCNC1=O. The van der Waals surface area contributed by atoms with E-state index in [2.05, 4.69) is 10.3 Å².